The summed E-state index contributed by atoms with van der Waals surface area (Å²) in [5.74, 6) is 0.343. The number of piperazine rings is 1. The Hall–Kier alpha value is -2.64. The van der Waals surface area contributed by atoms with Crippen molar-refractivity contribution >= 4 is 12.0 Å². The highest BCUT2D eigenvalue weighted by Gasteiger charge is 2.27. The number of anilines is 1. The van der Waals surface area contributed by atoms with Crippen LogP contribution in [-0.2, 0) is 4.74 Å². The van der Waals surface area contributed by atoms with Crippen molar-refractivity contribution in [3.05, 3.63) is 30.1 Å². The fourth-order valence-electron chi connectivity index (χ4n) is 2.50. The van der Waals surface area contributed by atoms with Gasteiger partial charge in [0.1, 0.15) is 11.4 Å². The molecule has 1 amide bonds. The van der Waals surface area contributed by atoms with Gasteiger partial charge in [-0.3, -0.25) is 0 Å². The number of carbonyl (C=O) groups is 1. The molecular weight excluding hydrogens is 327 g/mol. The van der Waals surface area contributed by atoms with Crippen LogP contribution in [0.25, 0.3) is 11.5 Å². The third-order valence-corrected chi connectivity index (χ3v) is 3.70. The number of carbonyl (C=O) groups excluding carboxylic acids is 1. The molecule has 8 heteroatoms. The Morgan fingerprint density at radius 1 is 1.24 bits per heavy atom. The zero-order valence-electron chi connectivity index (χ0n) is 14.5. The van der Waals surface area contributed by atoms with Crippen LogP contribution in [-0.4, -0.2) is 52.9 Å². The van der Waals surface area contributed by atoms with E-state index in [1.165, 1.54) is 12.1 Å². The van der Waals surface area contributed by atoms with Crippen LogP contribution in [0, 0.1) is 5.82 Å². The van der Waals surface area contributed by atoms with Gasteiger partial charge >= 0.3 is 6.09 Å². The molecule has 0 unspecified atom stereocenters. The average Bonchev–Trinajstić information content (AvgIpc) is 3.03. The quantitative estimate of drug-likeness (QED) is 0.831. The fourth-order valence-corrected chi connectivity index (χ4v) is 2.50. The molecule has 0 N–H and O–H groups in total. The molecule has 1 aromatic carbocycles. The number of amides is 1. The van der Waals surface area contributed by atoms with E-state index < -0.39 is 5.60 Å². The Kier molecular flexibility index (Phi) is 4.61. The minimum Gasteiger partial charge on any atom is -0.444 e. The summed E-state index contributed by atoms with van der Waals surface area (Å²) in [6.07, 6.45) is -0.319. The summed E-state index contributed by atoms with van der Waals surface area (Å²) in [7, 11) is 0. The van der Waals surface area contributed by atoms with Gasteiger partial charge in [0.15, 0.2) is 0 Å². The number of halogens is 1. The minimum atomic E-state index is -0.512. The lowest BCUT2D eigenvalue weighted by Gasteiger charge is -2.34. The highest BCUT2D eigenvalue weighted by Crippen LogP contribution is 2.22. The molecule has 25 heavy (non-hydrogen) atoms. The third kappa shape index (κ3) is 4.26. The van der Waals surface area contributed by atoms with E-state index in [0.717, 1.165) is 0 Å². The van der Waals surface area contributed by atoms with Crippen molar-refractivity contribution in [3.8, 4) is 11.5 Å². The molecule has 2 aromatic rings. The molecule has 1 aliphatic heterocycles. The predicted molar refractivity (Wildman–Crippen MR) is 89.7 cm³/mol. The van der Waals surface area contributed by atoms with Gasteiger partial charge in [-0.1, -0.05) is 6.07 Å². The lowest BCUT2D eigenvalue weighted by molar-refractivity contribution is 0.0240. The first-order chi connectivity index (χ1) is 11.8. The zero-order valence-corrected chi connectivity index (χ0v) is 14.5. The van der Waals surface area contributed by atoms with E-state index in [2.05, 4.69) is 10.1 Å². The molecular formula is C17H21FN4O3. The normalized spacial score (nSPS) is 15.4. The summed E-state index contributed by atoms with van der Waals surface area (Å²) in [4.78, 5) is 20.0. The standard InChI is InChI=1S/C17H21FN4O3/c1-17(2,3)24-16(23)22-9-7-21(8-10-22)15-19-14(25-20-15)12-5-4-6-13(18)11-12/h4-6,11H,7-10H2,1-3H3. The van der Waals surface area contributed by atoms with Gasteiger partial charge in [-0.05, 0) is 44.1 Å². The second-order valence-corrected chi connectivity index (χ2v) is 6.86. The third-order valence-electron chi connectivity index (χ3n) is 3.70. The number of ether oxygens (including phenoxy) is 1. The molecule has 0 radical (unpaired) electrons. The van der Waals surface area contributed by atoms with Crippen molar-refractivity contribution in [3.63, 3.8) is 0 Å². The topological polar surface area (TPSA) is 71.7 Å². The van der Waals surface area contributed by atoms with E-state index in [1.807, 2.05) is 25.7 Å². The van der Waals surface area contributed by atoms with Crippen LogP contribution in [0.15, 0.2) is 28.8 Å². The van der Waals surface area contributed by atoms with Crippen LogP contribution in [0.2, 0.25) is 0 Å². The van der Waals surface area contributed by atoms with E-state index >= 15 is 0 Å². The molecule has 1 aliphatic rings. The van der Waals surface area contributed by atoms with Gasteiger partial charge < -0.3 is 19.1 Å². The van der Waals surface area contributed by atoms with Crippen LogP contribution < -0.4 is 4.90 Å². The SMILES string of the molecule is CC(C)(C)OC(=O)N1CCN(c2noc(-c3cccc(F)c3)n2)CC1. The van der Waals surface area contributed by atoms with Crippen molar-refractivity contribution < 1.29 is 18.4 Å². The van der Waals surface area contributed by atoms with Crippen LogP contribution in [0.1, 0.15) is 20.8 Å². The van der Waals surface area contributed by atoms with Gasteiger partial charge in [0.2, 0.25) is 0 Å². The highest BCUT2D eigenvalue weighted by molar-refractivity contribution is 5.68. The molecule has 3 rings (SSSR count). The number of nitrogens with zero attached hydrogens (tertiary/aromatic N) is 4. The van der Waals surface area contributed by atoms with Gasteiger partial charge in [-0.2, -0.15) is 4.98 Å². The second-order valence-electron chi connectivity index (χ2n) is 6.86. The molecule has 0 bridgehead atoms. The van der Waals surface area contributed by atoms with Gasteiger partial charge in [0.25, 0.3) is 11.8 Å². The van der Waals surface area contributed by atoms with Gasteiger partial charge in [0, 0.05) is 31.7 Å². The highest BCUT2D eigenvalue weighted by atomic mass is 19.1. The second kappa shape index (κ2) is 6.70. The summed E-state index contributed by atoms with van der Waals surface area (Å²) < 4.78 is 23.9. The molecule has 1 saturated heterocycles. The van der Waals surface area contributed by atoms with Gasteiger partial charge in [-0.15, -0.1) is 0 Å². The Balaban J connectivity index is 1.61. The zero-order chi connectivity index (χ0) is 18.0. The maximum Gasteiger partial charge on any atom is 0.410 e. The first-order valence-electron chi connectivity index (χ1n) is 8.14. The average molecular weight is 348 g/mol. The summed E-state index contributed by atoms with van der Waals surface area (Å²) in [6, 6.07) is 6.00. The van der Waals surface area contributed by atoms with Gasteiger partial charge in [-0.25, -0.2) is 9.18 Å². The molecule has 2 heterocycles. The smallest absolute Gasteiger partial charge is 0.410 e. The molecule has 0 aliphatic carbocycles. The number of benzene rings is 1. The minimum absolute atomic E-state index is 0.268. The Bertz CT molecular complexity index is 748. The summed E-state index contributed by atoms with van der Waals surface area (Å²) in [6.45, 7) is 7.69. The number of hydrogen-bond acceptors (Lipinski definition) is 6. The van der Waals surface area contributed by atoms with Crippen LogP contribution in [0.4, 0.5) is 15.1 Å². The molecule has 134 valence electrons. The lowest BCUT2D eigenvalue weighted by atomic mass is 10.2. The number of hydrogen-bond donors (Lipinski definition) is 0. The first kappa shape index (κ1) is 17.2. The van der Waals surface area contributed by atoms with Crippen LogP contribution in [0.5, 0.6) is 0 Å². The molecule has 1 fully saturated rings. The van der Waals surface area contributed by atoms with Crippen molar-refractivity contribution in [2.75, 3.05) is 31.1 Å². The summed E-state index contributed by atoms with van der Waals surface area (Å²) in [5, 5.41) is 3.96. The van der Waals surface area contributed by atoms with Crippen LogP contribution >= 0.6 is 0 Å². The number of aromatic nitrogens is 2. The first-order valence-corrected chi connectivity index (χ1v) is 8.14. The fraction of sp³-hybridized carbons (Fsp3) is 0.471. The van der Waals surface area contributed by atoms with Crippen molar-refractivity contribution in [2.24, 2.45) is 0 Å². The maximum atomic E-state index is 13.3. The Morgan fingerprint density at radius 2 is 1.96 bits per heavy atom. The Labute approximate surface area is 145 Å². The van der Waals surface area contributed by atoms with Crippen molar-refractivity contribution in [1.82, 2.24) is 15.0 Å². The van der Waals surface area contributed by atoms with E-state index in [4.69, 9.17) is 9.26 Å². The van der Waals surface area contributed by atoms with Gasteiger partial charge in [0.05, 0.1) is 0 Å². The van der Waals surface area contributed by atoms with Crippen molar-refractivity contribution in [1.29, 1.82) is 0 Å². The van der Waals surface area contributed by atoms with E-state index in [-0.39, 0.29) is 17.8 Å². The lowest BCUT2D eigenvalue weighted by Crippen LogP contribution is -2.50. The number of rotatable bonds is 2. The van der Waals surface area contributed by atoms with E-state index in [0.29, 0.717) is 37.7 Å². The molecule has 0 atom stereocenters. The monoisotopic (exact) mass is 348 g/mol. The largest absolute Gasteiger partial charge is 0.444 e. The van der Waals surface area contributed by atoms with E-state index in [1.54, 1.807) is 17.0 Å². The molecule has 0 spiro atoms. The van der Waals surface area contributed by atoms with Crippen LogP contribution in [0.3, 0.4) is 0 Å². The molecule has 0 saturated carbocycles. The predicted octanol–water partition coefficient (Wildman–Crippen LogP) is 2.93. The maximum absolute atomic E-state index is 13.3. The van der Waals surface area contributed by atoms with E-state index in [9.17, 15) is 9.18 Å². The van der Waals surface area contributed by atoms with Crippen molar-refractivity contribution in [2.45, 2.75) is 26.4 Å². The molecule has 1 aromatic heterocycles. The molecule has 7 nitrogen and oxygen atoms in total. The summed E-state index contributed by atoms with van der Waals surface area (Å²) in [5.41, 5.74) is 0.0213. The Morgan fingerprint density at radius 3 is 2.60 bits per heavy atom. The summed E-state index contributed by atoms with van der Waals surface area (Å²) >= 11 is 0.